The monoisotopic (exact) mass is 458 g/mol. The van der Waals surface area contributed by atoms with Crippen LogP contribution < -0.4 is 14.4 Å². The lowest BCUT2D eigenvalue weighted by Crippen LogP contribution is -2.41. The average molecular weight is 459 g/mol. The highest BCUT2D eigenvalue weighted by Crippen LogP contribution is 2.25. The number of ether oxygens (including phenoxy) is 1. The third kappa shape index (κ3) is 6.23. The van der Waals surface area contributed by atoms with E-state index < -0.39 is 15.9 Å². The minimum Gasteiger partial charge on any atom is -0.492 e. The first kappa shape index (κ1) is 22.7. The SMILES string of the molecule is Cc1ccc(S(=O)(=O)N(CC(=O)NCCOc2ccccc2)c2ccc(Cl)cc2)cc1. The maximum absolute atomic E-state index is 13.3. The zero-order valence-corrected chi connectivity index (χ0v) is 18.6. The van der Waals surface area contributed by atoms with Crippen LogP contribution in [0.4, 0.5) is 5.69 Å². The van der Waals surface area contributed by atoms with Crippen molar-refractivity contribution in [3.8, 4) is 5.75 Å². The fraction of sp³-hybridized carbons (Fsp3) is 0.174. The van der Waals surface area contributed by atoms with Crippen LogP contribution in [0.2, 0.25) is 5.02 Å². The van der Waals surface area contributed by atoms with E-state index in [-0.39, 0.29) is 24.6 Å². The van der Waals surface area contributed by atoms with Gasteiger partial charge in [0.15, 0.2) is 0 Å². The number of benzene rings is 3. The quantitative estimate of drug-likeness (QED) is 0.491. The number of hydrogen-bond acceptors (Lipinski definition) is 4. The number of sulfonamides is 1. The number of para-hydroxylation sites is 1. The maximum atomic E-state index is 13.3. The molecule has 0 bridgehead atoms. The van der Waals surface area contributed by atoms with E-state index in [1.165, 1.54) is 12.1 Å². The summed E-state index contributed by atoms with van der Waals surface area (Å²) < 4.78 is 33.2. The molecule has 6 nitrogen and oxygen atoms in total. The van der Waals surface area contributed by atoms with Gasteiger partial charge in [-0.2, -0.15) is 0 Å². The summed E-state index contributed by atoms with van der Waals surface area (Å²) in [5, 5.41) is 3.17. The van der Waals surface area contributed by atoms with E-state index in [0.29, 0.717) is 16.5 Å². The lowest BCUT2D eigenvalue weighted by atomic mass is 10.2. The second-order valence-corrected chi connectivity index (χ2v) is 9.11. The average Bonchev–Trinajstić information content (AvgIpc) is 2.77. The van der Waals surface area contributed by atoms with Gasteiger partial charge in [-0.25, -0.2) is 8.42 Å². The topological polar surface area (TPSA) is 75.7 Å². The molecule has 0 unspecified atom stereocenters. The van der Waals surface area contributed by atoms with Crippen molar-refractivity contribution >= 4 is 33.2 Å². The lowest BCUT2D eigenvalue weighted by molar-refractivity contribution is -0.119. The van der Waals surface area contributed by atoms with Gasteiger partial charge in [0.05, 0.1) is 17.1 Å². The first-order chi connectivity index (χ1) is 14.9. The van der Waals surface area contributed by atoms with Crippen molar-refractivity contribution in [2.75, 3.05) is 24.0 Å². The van der Waals surface area contributed by atoms with E-state index in [1.54, 1.807) is 36.4 Å². The molecule has 0 aliphatic carbocycles. The van der Waals surface area contributed by atoms with Crippen LogP contribution in [0.3, 0.4) is 0 Å². The Bertz CT molecular complexity index is 1100. The number of amides is 1. The van der Waals surface area contributed by atoms with Gasteiger partial charge in [-0.15, -0.1) is 0 Å². The van der Waals surface area contributed by atoms with Gasteiger partial charge >= 0.3 is 0 Å². The van der Waals surface area contributed by atoms with E-state index >= 15 is 0 Å². The maximum Gasteiger partial charge on any atom is 0.264 e. The molecule has 1 amide bonds. The van der Waals surface area contributed by atoms with Crippen molar-refractivity contribution in [2.24, 2.45) is 0 Å². The summed E-state index contributed by atoms with van der Waals surface area (Å²) in [7, 11) is -3.95. The molecule has 0 saturated heterocycles. The van der Waals surface area contributed by atoms with Gasteiger partial charge in [0.1, 0.15) is 18.9 Å². The summed E-state index contributed by atoms with van der Waals surface area (Å²) in [4.78, 5) is 12.6. The highest BCUT2D eigenvalue weighted by Gasteiger charge is 2.27. The van der Waals surface area contributed by atoms with Gasteiger partial charge in [-0.05, 0) is 55.5 Å². The third-order valence-electron chi connectivity index (χ3n) is 4.45. The van der Waals surface area contributed by atoms with Crippen LogP contribution in [0.5, 0.6) is 5.75 Å². The number of rotatable bonds is 9. The molecule has 0 fully saturated rings. The Balaban J connectivity index is 1.71. The Morgan fingerprint density at radius 3 is 2.26 bits per heavy atom. The van der Waals surface area contributed by atoms with Crippen molar-refractivity contribution in [1.29, 1.82) is 0 Å². The van der Waals surface area contributed by atoms with Crippen molar-refractivity contribution in [1.82, 2.24) is 5.32 Å². The Hall–Kier alpha value is -3.03. The van der Waals surface area contributed by atoms with Crippen LogP contribution in [0, 0.1) is 6.92 Å². The molecule has 0 aromatic heterocycles. The fourth-order valence-electron chi connectivity index (χ4n) is 2.82. The summed E-state index contributed by atoms with van der Waals surface area (Å²) in [6, 6.07) is 22.0. The minimum atomic E-state index is -3.95. The van der Waals surface area contributed by atoms with Crippen molar-refractivity contribution in [3.05, 3.63) is 89.4 Å². The number of carbonyl (C=O) groups excluding carboxylic acids is 1. The highest BCUT2D eigenvalue weighted by molar-refractivity contribution is 7.92. The molecule has 8 heteroatoms. The predicted molar refractivity (Wildman–Crippen MR) is 122 cm³/mol. The molecule has 162 valence electrons. The Morgan fingerprint density at radius 1 is 0.968 bits per heavy atom. The van der Waals surface area contributed by atoms with E-state index in [1.807, 2.05) is 37.3 Å². The molecule has 0 atom stereocenters. The summed E-state index contributed by atoms with van der Waals surface area (Å²) >= 11 is 5.94. The molecule has 0 radical (unpaired) electrons. The van der Waals surface area contributed by atoms with Crippen molar-refractivity contribution in [2.45, 2.75) is 11.8 Å². The fourth-order valence-corrected chi connectivity index (χ4v) is 4.37. The summed E-state index contributed by atoms with van der Waals surface area (Å²) in [5.41, 5.74) is 1.29. The second kappa shape index (κ2) is 10.3. The zero-order chi connectivity index (χ0) is 22.3. The molecule has 0 aliphatic rings. The number of halogens is 1. The van der Waals surface area contributed by atoms with Crippen LogP contribution >= 0.6 is 11.6 Å². The Labute approximate surface area is 187 Å². The van der Waals surface area contributed by atoms with Gasteiger partial charge in [-0.3, -0.25) is 9.10 Å². The van der Waals surface area contributed by atoms with E-state index in [9.17, 15) is 13.2 Å². The normalized spacial score (nSPS) is 11.0. The van der Waals surface area contributed by atoms with Gasteiger partial charge in [0.2, 0.25) is 5.91 Å². The summed E-state index contributed by atoms with van der Waals surface area (Å²) in [6.45, 7) is 2.01. The van der Waals surface area contributed by atoms with Gasteiger partial charge in [-0.1, -0.05) is 47.5 Å². The number of nitrogens with zero attached hydrogens (tertiary/aromatic N) is 1. The third-order valence-corrected chi connectivity index (χ3v) is 6.49. The lowest BCUT2D eigenvalue weighted by Gasteiger charge is -2.24. The number of nitrogens with one attached hydrogen (secondary N) is 1. The van der Waals surface area contributed by atoms with Crippen LogP contribution in [-0.2, 0) is 14.8 Å². The largest absolute Gasteiger partial charge is 0.492 e. The van der Waals surface area contributed by atoms with Gasteiger partial charge in [0, 0.05) is 5.02 Å². The highest BCUT2D eigenvalue weighted by atomic mass is 35.5. The molecule has 1 N–H and O–H groups in total. The Morgan fingerprint density at radius 2 is 1.61 bits per heavy atom. The van der Waals surface area contributed by atoms with E-state index in [2.05, 4.69) is 5.32 Å². The number of hydrogen-bond donors (Lipinski definition) is 1. The molecule has 0 saturated carbocycles. The van der Waals surface area contributed by atoms with Crippen LogP contribution in [0.1, 0.15) is 5.56 Å². The molecule has 0 spiro atoms. The standard InChI is InChI=1S/C23H23ClN2O4S/c1-18-7-13-22(14-8-18)31(28,29)26(20-11-9-19(24)10-12-20)17-23(27)25-15-16-30-21-5-3-2-4-6-21/h2-14H,15-17H2,1H3,(H,25,27). The molecule has 31 heavy (non-hydrogen) atoms. The zero-order valence-electron chi connectivity index (χ0n) is 17.0. The molecule has 0 heterocycles. The molecular weight excluding hydrogens is 436 g/mol. The molecular formula is C23H23ClN2O4S. The predicted octanol–water partition coefficient (Wildman–Crippen LogP) is 4.04. The number of carbonyl (C=O) groups is 1. The number of aryl methyl sites for hydroxylation is 1. The first-order valence-corrected chi connectivity index (χ1v) is 11.5. The molecule has 3 rings (SSSR count). The van der Waals surface area contributed by atoms with E-state index in [0.717, 1.165) is 9.87 Å². The van der Waals surface area contributed by atoms with Crippen molar-refractivity contribution < 1.29 is 17.9 Å². The van der Waals surface area contributed by atoms with Crippen molar-refractivity contribution in [3.63, 3.8) is 0 Å². The smallest absolute Gasteiger partial charge is 0.264 e. The van der Waals surface area contributed by atoms with Crippen LogP contribution in [0.25, 0.3) is 0 Å². The summed E-state index contributed by atoms with van der Waals surface area (Å²) in [6.07, 6.45) is 0. The molecule has 3 aromatic rings. The Kier molecular flexibility index (Phi) is 7.55. The summed E-state index contributed by atoms with van der Waals surface area (Å²) in [5.74, 6) is 0.254. The number of anilines is 1. The van der Waals surface area contributed by atoms with E-state index in [4.69, 9.17) is 16.3 Å². The minimum absolute atomic E-state index is 0.105. The molecule has 0 aliphatic heterocycles. The molecule has 3 aromatic carbocycles. The van der Waals surface area contributed by atoms with Gasteiger partial charge < -0.3 is 10.1 Å². The van der Waals surface area contributed by atoms with Crippen LogP contribution in [-0.4, -0.2) is 34.0 Å². The van der Waals surface area contributed by atoms with Gasteiger partial charge in [0.25, 0.3) is 10.0 Å². The second-order valence-electron chi connectivity index (χ2n) is 6.81. The first-order valence-electron chi connectivity index (χ1n) is 9.66. The van der Waals surface area contributed by atoms with Crippen LogP contribution in [0.15, 0.2) is 83.8 Å².